The minimum absolute atomic E-state index is 0.111. The first-order valence-corrected chi connectivity index (χ1v) is 15.5. The predicted molar refractivity (Wildman–Crippen MR) is 155 cm³/mol. The molecule has 2 saturated heterocycles. The number of rotatable bonds is 5. The number of nitrogen functional groups attached to an aromatic ring is 1. The van der Waals surface area contributed by atoms with Gasteiger partial charge in [-0.1, -0.05) is 11.6 Å². The van der Waals surface area contributed by atoms with Crippen molar-refractivity contribution >= 4 is 44.7 Å². The van der Waals surface area contributed by atoms with Gasteiger partial charge in [0.2, 0.25) is 9.84 Å². The fourth-order valence-corrected chi connectivity index (χ4v) is 7.84. The Balaban J connectivity index is 1.48. The lowest BCUT2D eigenvalue weighted by molar-refractivity contribution is 0.0434. The molecule has 3 aromatic heterocycles. The molecule has 5 rings (SSSR count). The van der Waals surface area contributed by atoms with Crippen LogP contribution in [-0.4, -0.2) is 76.6 Å². The largest absolute Gasteiger partial charge is 0.444 e. The number of fused-ring (bicyclic) bond motifs is 1. The molecule has 5 heterocycles. The number of carbonyl (C=O) groups is 1. The van der Waals surface area contributed by atoms with Gasteiger partial charge in [-0.2, -0.15) is 5.10 Å². The molecule has 13 nitrogen and oxygen atoms in total. The average Bonchev–Trinajstić information content (AvgIpc) is 3.46. The van der Waals surface area contributed by atoms with Crippen LogP contribution in [0.3, 0.4) is 0 Å². The summed E-state index contributed by atoms with van der Waals surface area (Å²) in [6, 6.07) is 2.67. The Hall–Kier alpha value is -3.20. The highest BCUT2D eigenvalue weighted by molar-refractivity contribution is 7.91. The number of pyridine rings is 1. The molecule has 0 aliphatic carbocycles. The number of aliphatic hydroxyl groups excluding tert-OH is 1. The number of nitrogens with one attached hydrogen (secondary N) is 1. The van der Waals surface area contributed by atoms with Crippen molar-refractivity contribution in [3.63, 3.8) is 0 Å². The van der Waals surface area contributed by atoms with E-state index in [1.807, 2.05) is 27.7 Å². The summed E-state index contributed by atoms with van der Waals surface area (Å²) < 4.78 is 40.5. The molecule has 1 spiro atoms. The predicted octanol–water partition coefficient (Wildman–Crippen LogP) is 2.89. The molecule has 228 valence electrons. The molecule has 2 aliphatic heterocycles. The number of ether oxygens (including phenoxy) is 2. The van der Waals surface area contributed by atoms with Crippen LogP contribution in [0.2, 0.25) is 5.02 Å². The zero-order valence-corrected chi connectivity index (χ0v) is 25.8. The van der Waals surface area contributed by atoms with Gasteiger partial charge in [0.05, 0.1) is 41.6 Å². The van der Waals surface area contributed by atoms with Crippen LogP contribution in [-0.2, 0) is 25.9 Å². The van der Waals surface area contributed by atoms with Gasteiger partial charge in [0.15, 0.2) is 10.8 Å². The number of carbonyl (C=O) groups excluding carboxylic acids is 1. The van der Waals surface area contributed by atoms with Gasteiger partial charge in [-0.05, 0) is 59.6 Å². The van der Waals surface area contributed by atoms with Gasteiger partial charge in [-0.3, -0.25) is 0 Å². The summed E-state index contributed by atoms with van der Waals surface area (Å²) in [4.78, 5) is 23.1. The lowest BCUT2D eigenvalue weighted by atomic mass is 9.73. The third kappa shape index (κ3) is 5.36. The summed E-state index contributed by atoms with van der Waals surface area (Å²) in [5.74, 6) is 0.428. The first kappa shape index (κ1) is 30.3. The maximum atomic E-state index is 13.8. The van der Waals surface area contributed by atoms with Crippen molar-refractivity contribution in [2.75, 3.05) is 30.3 Å². The van der Waals surface area contributed by atoms with Crippen LogP contribution < -0.4 is 16.0 Å². The topological polar surface area (TPSA) is 174 Å². The minimum atomic E-state index is -4.23. The lowest BCUT2D eigenvalue weighted by Crippen LogP contribution is -2.55. The number of nitrogens with zero attached hydrogens (tertiary/aromatic N) is 5. The first-order valence-electron chi connectivity index (χ1n) is 13.7. The Morgan fingerprint density at radius 3 is 2.67 bits per heavy atom. The normalized spacial score (nSPS) is 20.8. The van der Waals surface area contributed by atoms with Gasteiger partial charge in [0.1, 0.15) is 22.0 Å². The zero-order valence-electron chi connectivity index (χ0n) is 24.2. The highest BCUT2D eigenvalue weighted by atomic mass is 35.5. The minimum Gasteiger partial charge on any atom is -0.444 e. The van der Waals surface area contributed by atoms with Crippen molar-refractivity contribution in [1.82, 2.24) is 24.9 Å². The number of halogens is 1. The Kier molecular flexibility index (Phi) is 7.79. The SMILES string of the molecule is Cc1nc(N2CCC3(CC2)CO[C@@H](C)[C@H]3NC(=O)OC(C)(C)C)c2cc(CO)nn2c1S(=O)(=O)c1ccnc(N)c1Cl. The summed E-state index contributed by atoms with van der Waals surface area (Å²) in [6.45, 7) is 10.3. The van der Waals surface area contributed by atoms with E-state index in [-0.39, 0.29) is 56.3 Å². The van der Waals surface area contributed by atoms with Crippen LogP contribution in [0.25, 0.3) is 5.52 Å². The summed E-state index contributed by atoms with van der Waals surface area (Å²) in [6.07, 6.45) is 1.99. The second-order valence-electron chi connectivity index (χ2n) is 11.9. The van der Waals surface area contributed by atoms with Crippen molar-refractivity contribution in [3.05, 3.63) is 34.7 Å². The molecule has 2 fully saturated rings. The molecule has 0 radical (unpaired) electrons. The van der Waals surface area contributed by atoms with Crippen LogP contribution in [0.4, 0.5) is 16.4 Å². The molecular formula is C27H36ClN7O6S. The third-order valence-electron chi connectivity index (χ3n) is 7.85. The molecular weight excluding hydrogens is 586 g/mol. The highest BCUT2D eigenvalue weighted by Crippen LogP contribution is 2.44. The van der Waals surface area contributed by atoms with E-state index in [9.17, 15) is 18.3 Å². The number of hydrogen-bond donors (Lipinski definition) is 3. The van der Waals surface area contributed by atoms with Gasteiger partial charge >= 0.3 is 6.09 Å². The summed E-state index contributed by atoms with van der Waals surface area (Å²) in [7, 11) is -4.23. The standard InChI is InChI=1S/C27H36ClN7O6S/c1-15-24(42(38,39)19-6-9-30-22(29)20(19)28)35-18(12-17(13-36)33-35)23(31-15)34-10-7-27(8-11-34)14-40-16(2)21(27)32-25(37)41-26(3,4)5/h6,9,12,16,21,36H,7-8,10-11,13-14H2,1-5H3,(H2,29,30)(H,32,37)/t16-,21+/m0/s1. The Morgan fingerprint density at radius 1 is 1.33 bits per heavy atom. The van der Waals surface area contributed by atoms with Crippen molar-refractivity contribution < 1.29 is 27.8 Å². The second kappa shape index (κ2) is 10.8. The van der Waals surface area contributed by atoms with Gasteiger partial charge in [0.25, 0.3) is 0 Å². The van der Waals surface area contributed by atoms with Crippen LogP contribution >= 0.6 is 11.6 Å². The number of anilines is 2. The number of aliphatic hydroxyl groups is 1. The van der Waals surface area contributed by atoms with Crippen LogP contribution in [0.15, 0.2) is 28.3 Å². The molecule has 2 aliphatic rings. The van der Waals surface area contributed by atoms with Crippen molar-refractivity contribution in [2.45, 2.75) is 81.7 Å². The van der Waals surface area contributed by atoms with Gasteiger partial charge in [0, 0.05) is 24.7 Å². The number of hydrogen-bond acceptors (Lipinski definition) is 11. The van der Waals surface area contributed by atoms with E-state index in [0.29, 0.717) is 43.9 Å². The number of sulfone groups is 1. The number of alkyl carbamates (subject to hydrolysis) is 1. The van der Waals surface area contributed by atoms with Crippen molar-refractivity contribution in [1.29, 1.82) is 0 Å². The first-order chi connectivity index (χ1) is 19.7. The van der Waals surface area contributed by atoms with Crippen molar-refractivity contribution in [3.8, 4) is 0 Å². The Labute approximate surface area is 249 Å². The monoisotopic (exact) mass is 621 g/mol. The summed E-state index contributed by atoms with van der Waals surface area (Å²) in [5, 5.41) is 16.9. The van der Waals surface area contributed by atoms with Gasteiger partial charge < -0.3 is 30.5 Å². The highest BCUT2D eigenvalue weighted by Gasteiger charge is 2.51. The molecule has 42 heavy (non-hydrogen) atoms. The van der Waals surface area contributed by atoms with Crippen LogP contribution in [0.1, 0.15) is 51.9 Å². The number of nitrogens with two attached hydrogens (primary N) is 1. The zero-order chi connectivity index (χ0) is 30.6. The molecule has 3 aromatic rings. The second-order valence-corrected chi connectivity index (χ2v) is 14.1. The lowest BCUT2D eigenvalue weighted by Gasteiger charge is -2.43. The fraction of sp³-hybridized carbons (Fsp3) is 0.556. The van der Waals surface area contributed by atoms with Crippen LogP contribution in [0, 0.1) is 12.3 Å². The van der Waals surface area contributed by atoms with E-state index in [4.69, 9.17) is 31.8 Å². The number of aromatic nitrogens is 4. The van der Waals surface area contributed by atoms with E-state index in [1.165, 1.54) is 16.8 Å². The third-order valence-corrected chi connectivity index (χ3v) is 10.3. The average molecular weight is 622 g/mol. The molecule has 1 amide bonds. The number of aryl methyl sites for hydroxylation is 1. The quantitative estimate of drug-likeness (QED) is 0.382. The van der Waals surface area contributed by atoms with E-state index in [0.717, 1.165) is 0 Å². The molecule has 0 unspecified atom stereocenters. The molecule has 2 atom stereocenters. The van der Waals surface area contributed by atoms with E-state index in [2.05, 4.69) is 20.3 Å². The maximum absolute atomic E-state index is 13.8. The van der Waals surface area contributed by atoms with Gasteiger partial charge in [-0.15, -0.1) is 0 Å². The number of piperidine rings is 1. The smallest absolute Gasteiger partial charge is 0.407 e. The Morgan fingerprint density at radius 2 is 2.02 bits per heavy atom. The van der Waals surface area contributed by atoms with E-state index >= 15 is 0 Å². The Bertz CT molecular complexity index is 1630. The molecule has 0 bridgehead atoms. The van der Waals surface area contributed by atoms with Crippen LogP contribution in [0.5, 0.6) is 0 Å². The number of amides is 1. The molecule has 0 saturated carbocycles. The van der Waals surface area contributed by atoms with E-state index in [1.54, 1.807) is 13.0 Å². The maximum Gasteiger partial charge on any atom is 0.407 e. The molecule has 15 heteroatoms. The van der Waals surface area contributed by atoms with E-state index < -0.39 is 21.5 Å². The fourth-order valence-electron chi connectivity index (χ4n) is 5.84. The molecule has 0 aromatic carbocycles. The summed E-state index contributed by atoms with van der Waals surface area (Å²) in [5.41, 5.74) is 5.80. The van der Waals surface area contributed by atoms with Crippen molar-refractivity contribution in [2.24, 2.45) is 5.41 Å². The van der Waals surface area contributed by atoms with Gasteiger partial charge in [-0.25, -0.2) is 27.7 Å². The summed E-state index contributed by atoms with van der Waals surface area (Å²) >= 11 is 6.25. The molecule has 4 N–H and O–H groups in total.